The number of anilines is 1. The lowest BCUT2D eigenvalue weighted by Gasteiger charge is -2.18. The topological polar surface area (TPSA) is 84.4 Å². The molecule has 7 heteroatoms. The van der Waals surface area contributed by atoms with E-state index in [1.165, 1.54) is 0 Å². The molecule has 0 atom stereocenters. The van der Waals surface area contributed by atoms with E-state index in [0.717, 1.165) is 58.2 Å². The van der Waals surface area contributed by atoms with Crippen molar-refractivity contribution in [1.29, 1.82) is 0 Å². The minimum absolute atomic E-state index is 0.0577. The van der Waals surface area contributed by atoms with Gasteiger partial charge in [-0.1, -0.05) is 17.7 Å². The molecule has 0 aliphatic rings. The third kappa shape index (κ3) is 7.95. The Morgan fingerprint density at radius 2 is 1.79 bits per heavy atom. The molecular weight excluding hydrogens is 536 g/mol. The molecule has 0 aliphatic heterocycles. The summed E-state index contributed by atoms with van der Waals surface area (Å²) in [7, 11) is 1.81. The maximum atomic E-state index is 13.6. The van der Waals surface area contributed by atoms with Crippen molar-refractivity contribution in [2.24, 2.45) is 0 Å². The summed E-state index contributed by atoms with van der Waals surface area (Å²) in [5.41, 5.74) is 7.23. The predicted molar refractivity (Wildman–Crippen MR) is 174 cm³/mol. The normalized spacial score (nSPS) is 11.0. The van der Waals surface area contributed by atoms with Crippen LogP contribution in [0.15, 0.2) is 90.7 Å². The molecular formula is C36H40N4O3. The third-order valence-corrected chi connectivity index (χ3v) is 7.24. The van der Waals surface area contributed by atoms with Crippen LogP contribution in [0.2, 0.25) is 0 Å². The standard InChI is InChI=1S/C36H40N4O3/c1-7-19-43-33(24(2)3)12-8-9-18-40(6)36(42)27-13-15-29(16-14-27)38-35(41)31-22-32(28-11-10-17-37-23-28)39-34-26(5)20-25(4)21-30(31)34/h7,10-11,13-17,19-23H,8-9,12,18H2,1-6H3,(H,38,41)/b19-7-. The molecule has 7 nitrogen and oxygen atoms in total. The first-order chi connectivity index (χ1) is 20.7. The van der Waals surface area contributed by atoms with Crippen LogP contribution in [-0.2, 0) is 4.74 Å². The summed E-state index contributed by atoms with van der Waals surface area (Å²) >= 11 is 0. The number of allylic oxidation sites excluding steroid dienone is 3. The second-order valence-electron chi connectivity index (χ2n) is 11.0. The second-order valence-corrected chi connectivity index (χ2v) is 11.0. The molecule has 0 radical (unpaired) electrons. The van der Waals surface area contributed by atoms with Gasteiger partial charge in [-0.3, -0.25) is 14.6 Å². The summed E-state index contributed by atoms with van der Waals surface area (Å²) < 4.78 is 5.68. The van der Waals surface area contributed by atoms with Crippen molar-refractivity contribution < 1.29 is 14.3 Å². The lowest BCUT2D eigenvalue weighted by molar-refractivity contribution is 0.0792. The van der Waals surface area contributed by atoms with Gasteiger partial charge >= 0.3 is 0 Å². The van der Waals surface area contributed by atoms with Gasteiger partial charge in [-0.2, -0.15) is 0 Å². The van der Waals surface area contributed by atoms with Crippen LogP contribution in [0.3, 0.4) is 0 Å². The van der Waals surface area contributed by atoms with Gasteiger partial charge in [0.05, 0.1) is 23.0 Å². The number of carbonyl (C=O) groups is 2. The number of aryl methyl sites for hydroxylation is 2. The van der Waals surface area contributed by atoms with Crippen molar-refractivity contribution in [3.8, 4) is 11.3 Å². The van der Waals surface area contributed by atoms with Crippen LogP contribution in [0.25, 0.3) is 22.2 Å². The molecule has 2 aromatic heterocycles. The van der Waals surface area contributed by atoms with Crippen LogP contribution < -0.4 is 5.32 Å². The Morgan fingerprint density at radius 1 is 1.02 bits per heavy atom. The average molecular weight is 577 g/mol. The van der Waals surface area contributed by atoms with Crippen molar-refractivity contribution in [3.05, 3.63) is 113 Å². The van der Waals surface area contributed by atoms with E-state index in [9.17, 15) is 9.59 Å². The highest BCUT2D eigenvalue weighted by atomic mass is 16.5. The Kier molecular flexibility index (Phi) is 10.4. The van der Waals surface area contributed by atoms with Gasteiger partial charge in [0.2, 0.25) is 0 Å². The predicted octanol–water partition coefficient (Wildman–Crippen LogP) is 8.25. The molecule has 4 aromatic rings. The summed E-state index contributed by atoms with van der Waals surface area (Å²) in [6, 6.07) is 16.7. The molecule has 0 saturated heterocycles. The van der Waals surface area contributed by atoms with Gasteiger partial charge < -0.3 is 15.0 Å². The first-order valence-electron chi connectivity index (χ1n) is 14.6. The van der Waals surface area contributed by atoms with E-state index in [4.69, 9.17) is 9.72 Å². The van der Waals surface area contributed by atoms with E-state index in [0.29, 0.717) is 29.1 Å². The Hall–Kier alpha value is -4.78. The molecule has 0 fully saturated rings. The quantitative estimate of drug-likeness (QED) is 0.144. The summed E-state index contributed by atoms with van der Waals surface area (Å²) in [5.74, 6) is 0.675. The molecule has 0 bridgehead atoms. The monoisotopic (exact) mass is 576 g/mol. The first kappa shape index (κ1) is 31.2. The number of nitrogens with zero attached hydrogens (tertiary/aromatic N) is 3. The summed E-state index contributed by atoms with van der Waals surface area (Å²) in [6.45, 7) is 10.7. The van der Waals surface area contributed by atoms with Gasteiger partial charge in [-0.05, 0) is 107 Å². The van der Waals surface area contributed by atoms with Gasteiger partial charge in [0.15, 0.2) is 0 Å². The number of fused-ring (bicyclic) bond motifs is 1. The van der Waals surface area contributed by atoms with Crippen molar-refractivity contribution in [1.82, 2.24) is 14.9 Å². The van der Waals surface area contributed by atoms with E-state index in [1.807, 2.05) is 72.0 Å². The van der Waals surface area contributed by atoms with E-state index in [1.54, 1.807) is 47.8 Å². The SMILES string of the molecule is C/C=C\OC(CCCCN(C)C(=O)c1ccc(NC(=O)c2cc(-c3cccnc3)nc3c(C)cc(C)cc23)cc1)=C(C)C. The molecule has 2 aromatic carbocycles. The largest absolute Gasteiger partial charge is 0.470 e. The van der Waals surface area contributed by atoms with E-state index in [2.05, 4.69) is 16.4 Å². The molecule has 4 rings (SSSR count). The maximum Gasteiger partial charge on any atom is 0.256 e. The molecule has 0 spiro atoms. The fraction of sp³-hybridized carbons (Fsp3) is 0.278. The number of benzene rings is 2. The van der Waals surface area contributed by atoms with E-state index in [-0.39, 0.29) is 11.8 Å². The minimum Gasteiger partial charge on any atom is -0.470 e. The van der Waals surface area contributed by atoms with Crippen molar-refractivity contribution in [2.75, 3.05) is 18.9 Å². The fourth-order valence-corrected chi connectivity index (χ4v) is 4.96. The number of rotatable bonds is 11. The number of hydrogen-bond donors (Lipinski definition) is 1. The number of pyridine rings is 2. The van der Waals surface area contributed by atoms with Crippen LogP contribution in [-0.4, -0.2) is 40.3 Å². The average Bonchev–Trinajstić information content (AvgIpc) is 3.00. The van der Waals surface area contributed by atoms with Crippen LogP contribution in [0, 0.1) is 13.8 Å². The Morgan fingerprint density at radius 3 is 2.47 bits per heavy atom. The first-order valence-corrected chi connectivity index (χ1v) is 14.6. The molecule has 1 N–H and O–H groups in total. The number of amides is 2. The number of aromatic nitrogens is 2. The van der Waals surface area contributed by atoms with Crippen LogP contribution >= 0.6 is 0 Å². The van der Waals surface area contributed by atoms with Crippen molar-refractivity contribution >= 4 is 28.4 Å². The highest BCUT2D eigenvalue weighted by molar-refractivity contribution is 6.13. The molecule has 0 aliphatic carbocycles. The number of unbranched alkanes of at least 4 members (excludes halogenated alkanes) is 1. The zero-order valence-electron chi connectivity index (χ0n) is 25.9. The minimum atomic E-state index is -0.243. The summed E-state index contributed by atoms with van der Waals surface area (Å²) in [5, 5.41) is 3.80. The van der Waals surface area contributed by atoms with Gasteiger partial charge in [-0.15, -0.1) is 0 Å². The number of hydrogen-bond acceptors (Lipinski definition) is 5. The van der Waals surface area contributed by atoms with Crippen LogP contribution in [0.5, 0.6) is 0 Å². The molecule has 0 unspecified atom stereocenters. The summed E-state index contributed by atoms with van der Waals surface area (Å²) in [6.07, 6.45) is 9.64. The van der Waals surface area contributed by atoms with E-state index >= 15 is 0 Å². The second kappa shape index (κ2) is 14.4. The van der Waals surface area contributed by atoms with E-state index < -0.39 is 0 Å². The highest BCUT2D eigenvalue weighted by Crippen LogP contribution is 2.28. The zero-order chi connectivity index (χ0) is 30.9. The van der Waals surface area contributed by atoms with Gasteiger partial charge in [0.1, 0.15) is 5.76 Å². The lowest BCUT2D eigenvalue weighted by atomic mass is 9.99. The third-order valence-electron chi connectivity index (χ3n) is 7.24. The molecule has 222 valence electrons. The van der Waals surface area contributed by atoms with Crippen molar-refractivity contribution in [2.45, 2.75) is 53.9 Å². The maximum absolute atomic E-state index is 13.6. The zero-order valence-corrected chi connectivity index (χ0v) is 25.9. The molecule has 2 amide bonds. The number of ether oxygens (including phenoxy) is 1. The Labute approximate surface area is 254 Å². The molecule has 2 heterocycles. The lowest BCUT2D eigenvalue weighted by Crippen LogP contribution is -2.27. The molecule has 43 heavy (non-hydrogen) atoms. The number of carbonyl (C=O) groups excluding carboxylic acids is 2. The highest BCUT2D eigenvalue weighted by Gasteiger charge is 2.17. The van der Waals surface area contributed by atoms with Gasteiger partial charge in [0.25, 0.3) is 11.8 Å². The van der Waals surface area contributed by atoms with Gasteiger partial charge in [0, 0.05) is 54.6 Å². The summed E-state index contributed by atoms with van der Waals surface area (Å²) in [4.78, 5) is 37.5. The van der Waals surface area contributed by atoms with Crippen LogP contribution in [0.1, 0.15) is 71.9 Å². The number of nitrogens with one attached hydrogen (secondary N) is 1. The Balaban J connectivity index is 1.44. The van der Waals surface area contributed by atoms with Gasteiger partial charge in [-0.25, -0.2) is 4.98 Å². The van der Waals surface area contributed by atoms with Crippen LogP contribution in [0.4, 0.5) is 5.69 Å². The smallest absolute Gasteiger partial charge is 0.256 e. The molecule has 0 saturated carbocycles. The van der Waals surface area contributed by atoms with Crippen molar-refractivity contribution in [3.63, 3.8) is 0 Å². The Bertz CT molecular complexity index is 1650. The fourth-order valence-electron chi connectivity index (χ4n) is 4.96.